The Morgan fingerprint density at radius 3 is 2.27 bits per heavy atom. The zero-order valence-electron chi connectivity index (χ0n) is 9.53. The van der Waals surface area contributed by atoms with Crippen molar-refractivity contribution in [1.29, 1.82) is 0 Å². The van der Waals surface area contributed by atoms with Crippen LogP contribution in [0.2, 0.25) is 0 Å². The van der Waals surface area contributed by atoms with E-state index in [1.165, 1.54) is 0 Å². The van der Waals surface area contributed by atoms with Gasteiger partial charge in [-0.1, -0.05) is 0 Å². The van der Waals surface area contributed by atoms with Crippen molar-refractivity contribution in [2.75, 3.05) is 19.6 Å². The summed E-state index contributed by atoms with van der Waals surface area (Å²) < 4.78 is 0. The van der Waals surface area contributed by atoms with E-state index in [1.54, 1.807) is 0 Å². The van der Waals surface area contributed by atoms with E-state index >= 15 is 0 Å². The Hall–Kier alpha value is -0.320. The first-order chi connectivity index (χ1) is 6.47. The van der Waals surface area contributed by atoms with Crippen molar-refractivity contribution in [1.82, 2.24) is 4.90 Å². The van der Waals surface area contributed by atoms with E-state index < -0.39 is 5.41 Å². The number of carbonyl (C=O) groups excluding carboxylic acids is 1. The minimum Gasteiger partial charge on any atom is -0.342 e. The lowest BCUT2D eigenvalue weighted by Crippen LogP contribution is -2.49. The van der Waals surface area contributed by atoms with Crippen molar-refractivity contribution < 1.29 is 4.79 Å². The smallest absolute Gasteiger partial charge is 0.229 e. The van der Waals surface area contributed by atoms with Crippen LogP contribution in [-0.4, -0.2) is 36.5 Å². The van der Waals surface area contributed by atoms with Crippen LogP contribution >= 0.6 is 12.4 Å². The van der Waals surface area contributed by atoms with Crippen molar-refractivity contribution in [3.05, 3.63) is 0 Å². The number of piperidine rings is 1. The molecule has 0 aromatic rings. The first kappa shape index (κ1) is 14.7. The predicted octanol–water partition coefficient (Wildman–Crippen LogP) is 0.343. The molecule has 0 spiro atoms. The molecule has 0 aromatic heterocycles. The Balaban J connectivity index is 0.00000196. The Kier molecular flexibility index (Phi) is 5.56. The molecule has 0 bridgehead atoms. The number of likely N-dealkylation sites (tertiary alicyclic amines) is 1. The number of carbonyl (C=O) groups is 1. The monoisotopic (exact) mass is 235 g/mol. The molecule has 0 atom stereocenters. The van der Waals surface area contributed by atoms with Crippen molar-refractivity contribution in [3.8, 4) is 0 Å². The van der Waals surface area contributed by atoms with E-state index in [4.69, 9.17) is 11.5 Å². The van der Waals surface area contributed by atoms with Crippen molar-refractivity contribution >= 4 is 18.3 Å². The third kappa shape index (κ3) is 3.63. The second kappa shape index (κ2) is 5.68. The van der Waals surface area contributed by atoms with Crippen molar-refractivity contribution in [3.63, 3.8) is 0 Å². The number of nitrogens with two attached hydrogens (primary N) is 2. The fraction of sp³-hybridized carbons (Fsp3) is 0.900. The Morgan fingerprint density at radius 1 is 1.40 bits per heavy atom. The molecule has 4 nitrogen and oxygen atoms in total. The Bertz CT molecular complexity index is 213. The molecule has 5 heteroatoms. The number of halogens is 1. The van der Waals surface area contributed by atoms with E-state index in [9.17, 15) is 4.79 Å². The lowest BCUT2D eigenvalue weighted by molar-refractivity contribution is -0.140. The zero-order chi connectivity index (χ0) is 10.8. The van der Waals surface area contributed by atoms with Crippen molar-refractivity contribution in [2.45, 2.75) is 32.7 Å². The van der Waals surface area contributed by atoms with E-state index in [2.05, 4.69) is 0 Å². The summed E-state index contributed by atoms with van der Waals surface area (Å²) in [5.41, 5.74) is 10.9. The minimum atomic E-state index is -0.429. The molecule has 1 amide bonds. The maximum atomic E-state index is 12.0. The van der Waals surface area contributed by atoms with Gasteiger partial charge in [-0.25, -0.2) is 0 Å². The number of rotatable bonds is 2. The number of hydrogen-bond donors (Lipinski definition) is 2. The second-order valence-electron chi connectivity index (χ2n) is 4.72. The molecule has 0 aromatic carbocycles. The molecular weight excluding hydrogens is 214 g/mol. The molecular formula is C10H22ClN3O. The van der Waals surface area contributed by atoms with E-state index in [1.807, 2.05) is 18.7 Å². The summed E-state index contributed by atoms with van der Waals surface area (Å²) in [5.74, 6) is 0.159. The maximum absolute atomic E-state index is 12.0. The van der Waals surface area contributed by atoms with Gasteiger partial charge in [-0.15, -0.1) is 12.4 Å². The summed E-state index contributed by atoms with van der Waals surface area (Å²) in [7, 11) is 0. The van der Waals surface area contributed by atoms with Gasteiger partial charge in [-0.05, 0) is 26.7 Å². The van der Waals surface area contributed by atoms with Crippen molar-refractivity contribution in [2.24, 2.45) is 16.9 Å². The maximum Gasteiger partial charge on any atom is 0.229 e. The zero-order valence-corrected chi connectivity index (χ0v) is 10.3. The van der Waals surface area contributed by atoms with Gasteiger partial charge in [-0.3, -0.25) is 4.79 Å². The molecule has 90 valence electrons. The number of hydrogen-bond acceptors (Lipinski definition) is 3. The van der Waals surface area contributed by atoms with Crippen LogP contribution in [-0.2, 0) is 4.79 Å². The molecule has 1 aliphatic rings. The SMILES string of the molecule is CC(C)(CN)C(=O)N1CCC(N)CC1.Cl. The third-order valence-electron chi connectivity index (χ3n) is 2.92. The average Bonchev–Trinajstić information content (AvgIpc) is 2.18. The highest BCUT2D eigenvalue weighted by Crippen LogP contribution is 2.20. The van der Waals surface area contributed by atoms with Gasteiger partial charge >= 0.3 is 0 Å². The molecule has 0 saturated carbocycles. The summed E-state index contributed by atoms with van der Waals surface area (Å²) in [6.45, 7) is 5.75. The molecule has 1 aliphatic heterocycles. The highest BCUT2D eigenvalue weighted by Gasteiger charge is 2.32. The van der Waals surface area contributed by atoms with Gasteiger partial charge in [0, 0.05) is 25.7 Å². The fourth-order valence-electron chi connectivity index (χ4n) is 1.62. The summed E-state index contributed by atoms with van der Waals surface area (Å²) in [5, 5.41) is 0. The lowest BCUT2D eigenvalue weighted by Gasteiger charge is -2.35. The Morgan fingerprint density at radius 2 is 1.87 bits per heavy atom. The predicted molar refractivity (Wildman–Crippen MR) is 63.9 cm³/mol. The highest BCUT2D eigenvalue weighted by atomic mass is 35.5. The first-order valence-electron chi connectivity index (χ1n) is 5.22. The summed E-state index contributed by atoms with van der Waals surface area (Å²) in [6.07, 6.45) is 1.82. The summed E-state index contributed by atoms with van der Waals surface area (Å²) in [6, 6.07) is 0.264. The van der Waals surface area contributed by atoms with Crippen LogP contribution < -0.4 is 11.5 Å². The topological polar surface area (TPSA) is 72.4 Å². The second-order valence-corrected chi connectivity index (χ2v) is 4.72. The largest absolute Gasteiger partial charge is 0.342 e. The van der Waals surface area contributed by atoms with Crippen LogP contribution in [0.25, 0.3) is 0 Å². The standard InChI is InChI=1S/C10H21N3O.ClH/c1-10(2,7-11)9(14)13-5-3-8(12)4-6-13;/h8H,3-7,11-12H2,1-2H3;1H. The van der Waals surface area contributed by atoms with Gasteiger partial charge in [0.05, 0.1) is 5.41 Å². The molecule has 0 radical (unpaired) electrons. The molecule has 15 heavy (non-hydrogen) atoms. The van der Waals surface area contributed by atoms with E-state index in [-0.39, 0.29) is 24.4 Å². The van der Waals surface area contributed by atoms with Gasteiger partial charge < -0.3 is 16.4 Å². The van der Waals surface area contributed by atoms with Crippen LogP contribution in [0.1, 0.15) is 26.7 Å². The molecule has 4 N–H and O–H groups in total. The molecule has 0 unspecified atom stereocenters. The first-order valence-corrected chi connectivity index (χ1v) is 5.22. The summed E-state index contributed by atoms with van der Waals surface area (Å²) >= 11 is 0. The molecule has 1 heterocycles. The van der Waals surface area contributed by atoms with Crippen LogP contribution in [0.15, 0.2) is 0 Å². The summed E-state index contributed by atoms with van der Waals surface area (Å²) in [4.78, 5) is 13.8. The van der Waals surface area contributed by atoms with Crippen LogP contribution in [0.4, 0.5) is 0 Å². The van der Waals surface area contributed by atoms with Crippen LogP contribution in [0.3, 0.4) is 0 Å². The molecule has 1 fully saturated rings. The number of amides is 1. The number of nitrogens with zero attached hydrogens (tertiary/aromatic N) is 1. The normalized spacial score (nSPS) is 18.5. The van der Waals surface area contributed by atoms with Gasteiger partial charge in [0.15, 0.2) is 0 Å². The molecule has 1 saturated heterocycles. The molecule has 0 aliphatic carbocycles. The average molecular weight is 236 g/mol. The van der Waals surface area contributed by atoms with Gasteiger partial charge in [0.1, 0.15) is 0 Å². The van der Waals surface area contributed by atoms with Gasteiger partial charge in [-0.2, -0.15) is 0 Å². The van der Waals surface area contributed by atoms with E-state index in [0.717, 1.165) is 25.9 Å². The van der Waals surface area contributed by atoms with Gasteiger partial charge in [0.25, 0.3) is 0 Å². The minimum absolute atomic E-state index is 0. The molecule has 1 rings (SSSR count). The Labute approximate surface area is 97.8 Å². The quantitative estimate of drug-likeness (QED) is 0.725. The van der Waals surface area contributed by atoms with Crippen LogP contribution in [0, 0.1) is 5.41 Å². The lowest BCUT2D eigenvalue weighted by atomic mass is 9.90. The van der Waals surface area contributed by atoms with Gasteiger partial charge in [0.2, 0.25) is 5.91 Å². The highest BCUT2D eigenvalue weighted by molar-refractivity contribution is 5.85. The third-order valence-corrected chi connectivity index (χ3v) is 2.92. The fourth-order valence-corrected chi connectivity index (χ4v) is 1.62. The van der Waals surface area contributed by atoms with Crippen LogP contribution in [0.5, 0.6) is 0 Å². The van der Waals surface area contributed by atoms with E-state index in [0.29, 0.717) is 6.54 Å².